The van der Waals surface area contributed by atoms with Crippen LogP contribution in [0.1, 0.15) is 5.56 Å². The maximum atomic E-state index is 6.04. The quantitative estimate of drug-likeness (QED) is 0.449. The minimum atomic E-state index is 0.730. The highest BCUT2D eigenvalue weighted by molar-refractivity contribution is 6.30. The summed E-state index contributed by atoms with van der Waals surface area (Å²) in [6, 6.07) is 28.7. The predicted octanol–water partition coefficient (Wildman–Crippen LogP) is 5.92. The van der Waals surface area contributed by atoms with E-state index < -0.39 is 0 Å². The van der Waals surface area contributed by atoms with Crippen LogP contribution in [0.4, 0.5) is 0 Å². The van der Waals surface area contributed by atoms with Crippen LogP contribution < -0.4 is 0 Å². The minimum absolute atomic E-state index is 0.730. The lowest BCUT2D eigenvalue weighted by atomic mass is 10.0. The van der Waals surface area contributed by atoms with Gasteiger partial charge in [0, 0.05) is 22.7 Å². The molecule has 0 radical (unpaired) electrons. The van der Waals surface area contributed by atoms with Crippen LogP contribution in [0.15, 0.2) is 91.3 Å². The number of imidazole rings is 1. The van der Waals surface area contributed by atoms with Gasteiger partial charge >= 0.3 is 0 Å². The summed E-state index contributed by atoms with van der Waals surface area (Å²) in [7, 11) is 0. The predicted molar refractivity (Wildman–Crippen MR) is 104 cm³/mol. The van der Waals surface area contributed by atoms with E-state index in [4.69, 9.17) is 16.6 Å². The number of aromatic nitrogens is 2. The van der Waals surface area contributed by atoms with Gasteiger partial charge in [-0.25, -0.2) is 4.98 Å². The van der Waals surface area contributed by atoms with Gasteiger partial charge in [0.05, 0.1) is 17.7 Å². The monoisotopic (exact) mass is 344 g/mol. The van der Waals surface area contributed by atoms with E-state index >= 15 is 0 Å². The summed E-state index contributed by atoms with van der Waals surface area (Å²) in [6.07, 6.45) is 1.92. The largest absolute Gasteiger partial charge is 0.326 e. The van der Waals surface area contributed by atoms with Crippen LogP contribution in [0.25, 0.3) is 22.5 Å². The van der Waals surface area contributed by atoms with Crippen molar-refractivity contribution in [2.24, 2.45) is 0 Å². The maximum absolute atomic E-state index is 6.04. The van der Waals surface area contributed by atoms with Crippen LogP contribution in [-0.2, 0) is 6.54 Å². The van der Waals surface area contributed by atoms with E-state index in [1.165, 1.54) is 5.56 Å². The first-order valence-corrected chi connectivity index (χ1v) is 8.59. The third kappa shape index (κ3) is 3.35. The van der Waals surface area contributed by atoms with E-state index in [0.717, 1.165) is 34.1 Å². The zero-order chi connectivity index (χ0) is 17.1. The molecule has 0 N–H and O–H groups in total. The standard InChI is InChI=1S/C22H17ClN2/c23-20-13-11-18(12-14-20)21-22(19-9-5-2-6-10-19)25(16-24-21)15-17-7-3-1-4-8-17/h1-14,16H,15H2. The lowest BCUT2D eigenvalue weighted by molar-refractivity contribution is 0.805. The molecule has 1 aromatic heterocycles. The molecule has 3 aromatic carbocycles. The van der Waals surface area contributed by atoms with E-state index in [-0.39, 0.29) is 0 Å². The van der Waals surface area contributed by atoms with Crippen molar-refractivity contribution in [3.05, 3.63) is 102 Å². The molecule has 0 fully saturated rings. The molecule has 4 aromatic rings. The molecular weight excluding hydrogens is 328 g/mol. The molecule has 0 aliphatic rings. The first-order chi connectivity index (χ1) is 12.3. The Bertz CT molecular complexity index is 958. The van der Waals surface area contributed by atoms with Gasteiger partial charge in [-0.3, -0.25) is 0 Å². The highest BCUT2D eigenvalue weighted by atomic mass is 35.5. The third-order valence-corrected chi connectivity index (χ3v) is 4.45. The Morgan fingerprint density at radius 2 is 1.36 bits per heavy atom. The summed E-state index contributed by atoms with van der Waals surface area (Å²) in [5.74, 6) is 0. The summed E-state index contributed by atoms with van der Waals surface area (Å²) in [5.41, 5.74) is 5.56. The van der Waals surface area contributed by atoms with Gasteiger partial charge in [-0.05, 0) is 17.7 Å². The fourth-order valence-corrected chi connectivity index (χ4v) is 3.13. The van der Waals surface area contributed by atoms with Crippen LogP contribution in [0, 0.1) is 0 Å². The third-order valence-electron chi connectivity index (χ3n) is 4.20. The topological polar surface area (TPSA) is 17.8 Å². The molecule has 122 valence electrons. The molecule has 4 rings (SSSR count). The van der Waals surface area contributed by atoms with Crippen molar-refractivity contribution in [1.29, 1.82) is 0 Å². The first-order valence-electron chi connectivity index (χ1n) is 8.22. The molecule has 0 aliphatic heterocycles. The summed E-state index contributed by atoms with van der Waals surface area (Å²) in [6.45, 7) is 0.783. The van der Waals surface area contributed by atoms with Gasteiger partial charge in [-0.2, -0.15) is 0 Å². The number of benzene rings is 3. The molecule has 0 unspecified atom stereocenters. The minimum Gasteiger partial charge on any atom is -0.326 e. The van der Waals surface area contributed by atoms with Crippen LogP contribution in [0.3, 0.4) is 0 Å². The van der Waals surface area contributed by atoms with Crippen LogP contribution >= 0.6 is 11.6 Å². The first kappa shape index (κ1) is 15.7. The van der Waals surface area contributed by atoms with Gasteiger partial charge in [-0.1, -0.05) is 84.4 Å². The Hall–Kier alpha value is -2.84. The SMILES string of the molecule is Clc1ccc(-c2ncn(Cc3ccccc3)c2-c2ccccc2)cc1. The Kier molecular flexibility index (Phi) is 4.36. The number of hydrogen-bond donors (Lipinski definition) is 0. The molecule has 3 heteroatoms. The van der Waals surface area contributed by atoms with Crippen molar-refractivity contribution in [2.75, 3.05) is 0 Å². The molecule has 0 saturated heterocycles. The second kappa shape index (κ2) is 6.96. The van der Waals surface area contributed by atoms with E-state index in [2.05, 4.69) is 53.1 Å². The molecule has 0 bridgehead atoms. The Morgan fingerprint density at radius 1 is 0.720 bits per heavy atom. The zero-order valence-electron chi connectivity index (χ0n) is 13.6. The number of halogens is 1. The number of hydrogen-bond acceptors (Lipinski definition) is 1. The second-order valence-corrected chi connectivity index (χ2v) is 6.36. The normalized spacial score (nSPS) is 10.8. The van der Waals surface area contributed by atoms with Gasteiger partial charge in [0.15, 0.2) is 0 Å². The number of nitrogens with zero attached hydrogens (tertiary/aromatic N) is 2. The summed E-state index contributed by atoms with van der Waals surface area (Å²) in [5, 5.41) is 0.730. The lowest BCUT2D eigenvalue weighted by Gasteiger charge is -2.11. The Balaban J connectivity index is 1.83. The van der Waals surface area contributed by atoms with Crippen molar-refractivity contribution in [3.8, 4) is 22.5 Å². The van der Waals surface area contributed by atoms with Crippen LogP contribution in [0.5, 0.6) is 0 Å². The molecule has 25 heavy (non-hydrogen) atoms. The highest BCUT2D eigenvalue weighted by Gasteiger charge is 2.15. The van der Waals surface area contributed by atoms with E-state index in [1.807, 2.05) is 42.7 Å². The van der Waals surface area contributed by atoms with Crippen molar-refractivity contribution in [2.45, 2.75) is 6.54 Å². The van der Waals surface area contributed by atoms with Gasteiger partial charge in [0.25, 0.3) is 0 Å². The van der Waals surface area contributed by atoms with Gasteiger partial charge in [-0.15, -0.1) is 0 Å². The fraction of sp³-hybridized carbons (Fsp3) is 0.0455. The average Bonchev–Trinajstić information content (AvgIpc) is 3.07. The zero-order valence-corrected chi connectivity index (χ0v) is 14.4. The molecule has 0 spiro atoms. The van der Waals surface area contributed by atoms with Crippen LogP contribution in [-0.4, -0.2) is 9.55 Å². The van der Waals surface area contributed by atoms with Gasteiger partial charge in [0.1, 0.15) is 0 Å². The Labute approximate surface area is 152 Å². The van der Waals surface area contributed by atoms with Crippen molar-refractivity contribution >= 4 is 11.6 Å². The van der Waals surface area contributed by atoms with E-state index in [1.54, 1.807) is 0 Å². The molecule has 0 aliphatic carbocycles. The average molecular weight is 345 g/mol. The molecule has 0 amide bonds. The van der Waals surface area contributed by atoms with Crippen molar-refractivity contribution in [3.63, 3.8) is 0 Å². The molecule has 0 atom stereocenters. The summed E-state index contributed by atoms with van der Waals surface area (Å²) >= 11 is 6.04. The van der Waals surface area contributed by atoms with Crippen molar-refractivity contribution in [1.82, 2.24) is 9.55 Å². The van der Waals surface area contributed by atoms with Crippen molar-refractivity contribution < 1.29 is 0 Å². The van der Waals surface area contributed by atoms with E-state index in [0.29, 0.717) is 0 Å². The van der Waals surface area contributed by atoms with Gasteiger partial charge < -0.3 is 4.57 Å². The Morgan fingerprint density at radius 3 is 2.04 bits per heavy atom. The molecule has 2 nitrogen and oxygen atoms in total. The maximum Gasteiger partial charge on any atom is 0.0963 e. The smallest absolute Gasteiger partial charge is 0.0963 e. The number of rotatable bonds is 4. The molecule has 1 heterocycles. The van der Waals surface area contributed by atoms with Crippen LogP contribution in [0.2, 0.25) is 5.02 Å². The molecule has 0 saturated carbocycles. The summed E-state index contributed by atoms with van der Waals surface area (Å²) in [4.78, 5) is 4.71. The summed E-state index contributed by atoms with van der Waals surface area (Å²) < 4.78 is 2.20. The lowest BCUT2D eigenvalue weighted by Crippen LogP contribution is -2.00. The fourth-order valence-electron chi connectivity index (χ4n) is 3.00. The van der Waals surface area contributed by atoms with Gasteiger partial charge in [0.2, 0.25) is 0 Å². The van der Waals surface area contributed by atoms with E-state index in [9.17, 15) is 0 Å². The second-order valence-electron chi connectivity index (χ2n) is 5.93. The highest BCUT2D eigenvalue weighted by Crippen LogP contribution is 2.32. The molecular formula is C22H17ClN2.